The van der Waals surface area contributed by atoms with Gasteiger partial charge in [0.15, 0.2) is 10.6 Å². The molecule has 0 atom stereocenters. The molecule has 0 bridgehead atoms. The number of nitro benzene ring substituents is 1. The second-order valence-electron chi connectivity index (χ2n) is 6.22. The van der Waals surface area contributed by atoms with Gasteiger partial charge in [-0.3, -0.25) is 15.5 Å². The first-order valence-electron chi connectivity index (χ1n) is 8.71. The summed E-state index contributed by atoms with van der Waals surface area (Å²) in [5, 5.41) is 25.5. The van der Waals surface area contributed by atoms with Crippen LogP contribution in [0.1, 0.15) is 11.1 Å². The van der Waals surface area contributed by atoms with Crippen LogP contribution in [0.5, 0.6) is 0 Å². The topological polar surface area (TPSA) is 136 Å². The van der Waals surface area contributed by atoms with Crippen LogP contribution in [-0.4, -0.2) is 26.1 Å². The van der Waals surface area contributed by atoms with Crippen molar-refractivity contribution < 1.29 is 4.92 Å². The normalized spacial score (nSPS) is 10.9. The van der Waals surface area contributed by atoms with Crippen LogP contribution in [0.2, 0.25) is 0 Å². The van der Waals surface area contributed by atoms with Crippen molar-refractivity contribution in [3.05, 3.63) is 80.7 Å². The van der Waals surface area contributed by atoms with E-state index in [0.717, 1.165) is 16.5 Å². The zero-order chi connectivity index (χ0) is 21.1. The van der Waals surface area contributed by atoms with Crippen molar-refractivity contribution in [1.82, 2.24) is 15.0 Å². The summed E-state index contributed by atoms with van der Waals surface area (Å²) in [6, 6.07) is 15.8. The molecule has 2 aromatic heterocycles. The van der Waals surface area contributed by atoms with Crippen LogP contribution in [0.4, 0.5) is 11.5 Å². The first-order valence-corrected chi connectivity index (χ1v) is 9.12. The molecule has 0 spiro atoms. The summed E-state index contributed by atoms with van der Waals surface area (Å²) in [5.74, 6) is 0.208. The summed E-state index contributed by atoms with van der Waals surface area (Å²) < 4.78 is 0.197. The lowest BCUT2D eigenvalue weighted by Gasteiger charge is -2.08. The smallest absolute Gasteiger partial charge is 0.269 e. The maximum atomic E-state index is 10.7. The number of aromatic amines is 2. The first kappa shape index (κ1) is 19.0. The molecule has 0 unspecified atom stereocenters. The Balaban J connectivity index is 1.68. The number of anilines is 1. The molecule has 4 rings (SSSR count). The zero-order valence-corrected chi connectivity index (χ0v) is 16.1. The highest BCUT2D eigenvalue weighted by atomic mass is 32.1. The van der Waals surface area contributed by atoms with E-state index in [2.05, 4.69) is 31.5 Å². The quantitative estimate of drug-likeness (QED) is 0.190. The number of fused-ring (bicyclic) bond motifs is 1. The Morgan fingerprint density at radius 1 is 1.23 bits per heavy atom. The Hall–Kier alpha value is -4.36. The standard InChI is InChI=1S/C20H13N7O2S/c21-9-15-18(16-11-22-17-4-2-1-3-14(16)17)24-20(30)25-19(15)26-23-10-12-5-7-13(8-6-12)27(28)29/h1-8,10-11,22H,(H2,24,25,26,30)/b23-10+. The van der Waals surface area contributed by atoms with Gasteiger partial charge < -0.3 is 9.97 Å². The van der Waals surface area contributed by atoms with Crippen LogP contribution in [0, 0.1) is 26.2 Å². The fourth-order valence-corrected chi connectivity index (χ4v) is 3.19. The van der Waals surface area contributed by atoms with Crippen LogP contribution in [-0.2, 0) is 0 Å². The summed E-state index contributed by atoms with van der Waals surface area (Å²) >= 11 is 5.23. The molecule has 0 fully saturated rings. The monoisotopic (exact) mass is 415 g/mol. The van der Waals surface area contributed by atoms with E-state index in [9.17, 15) is 15.4 Å². The maximum absolute atomic E-state index is 10.7. The van der Waals surface area contributed by atoms with Gasteiger partial charge >= 0.3 is 0 Å². The van der Waals surface area contributed by atoms with Crippen LogP contribution >= 0.6 is 12.2 Å². The predicted molar refractivity (Wildman–Crippen MR) is 116 cm³/mol. The minimum absolute atomic E-state index is 0.00809. The Labute approximate surface area is 174 Å². The second kappa shape index (κ2) is 7.94. The number of hydrogen-bond acceptors (Lipinski definition) is 7. The number of aromatic nitrogens is 3. The van der Waals surface area contributed by atoms with E-state index in [1.807, 2.05) is 24.3 Å². The number of benzene rings is 2. The summed E-state index contributed by atoms with van der Waals surface area (Å²) in [4.78, 5) is 20.6. The SMILES string of the molecule is N#Cc1c(N/N=C/c2ccc([N+](=O)[O-])cc2)nc(=S)[nH]c1-c1c[nH]c2ccccc12. The molecule has 2 heterocycles. The molecule has 146 valence electrons. The predicted octanol–water partition coefficient (Wildman–Crippen LogP) is 4.51. The number of nitriles is 1. The van der Waals surface area contributed by atoms with Gasteiger partial charge in [0, 0.05) is 34.8 Å². The largest absolute Gasteiger partial charge is 0.360 e. The maximum Gasteiger partial charge on any atom is 0.269 e. The summed E-state index contributed by atoms with van der Waals surface area (Å²) in [6.07, 6.45) is 3.27. The third-order valence-corrected chi connectivity index (χ3v) is 4.58. The number of nitro groups is 1. The van der Waals surface area contributed by atoms with Crippen molar-refractivity contribution >= 4 is 40.8 Å². The molecule has 30 heavy (non-hydrogen) atoms. The van der Waals surface area contributed by atoms with E-state index < -0.39 is 4.92 Å². The molecular formula is C20H13N7O2S. The minimum Gasteiger partial charge on any atom is -0.360 e. The molecule has 3 N–H and O–H groups in total. The molecule has 9 nitrogen and oxygen atoms in total. The molecule has 0 radical (unpaired) electrons. The lowest BCUT2D eigenvalue weighted by molar-refractivity contribution is -0.384. The van der Waals surface area contributed by atoms with Gasteiger partial charge in [0.05, 0.1) is 16.8 Å². The highest BCUT2D eigenvalue weighted by Gasteiger charge is 2.16. The minimum atomic E-state index is -0.472. The summed E-state index contributed by atoms with van der Waals surface area (Å²) in [7, 11) is 0. The van der Waals surface area contributed by atoms with E-state index >= 15 is 0 Å². The molecule has 0 saturated carbocycles. The molecule has 0 saturated heterocycles. The van der Waals surface area contributed by atoms with E-state index in [-0.39, 0.29) is 21.8 Å². The van der Waals surface area contributed by atoms with Crippen LogP contribution in [0.3, 0.4) is 0 Å². The van der Waals surface area contributed by atoms with Gasteiger partial charge in [-0.1, -0.05) is 18.2 Å². The molecule has 10 heteroatoms. The number of H-pyrrole nitrogens is 2. The molecule has 0 amide bonds. The van der Waals surface area contributed by atoms with E-state index in [1.54, 1.807) is 18.3 Å². The zero-order valence-electron chi connectivity index (χ0n) is 15.3. The molecule has 4 aromatic rings. The van der Waals surface area contributed by atoms with E-state index in [0.29, 0.717) is 11.3 Å². The summed E-state index contributed by atoms with van der Waals surface area (Å²) in [5.41, 5.74) is 5.89. The van der Waals surface area contributed by atoms with Gasteiger partial charge in [0.1, 0.15) is 11.6 Å². The molecule has 0 aliphatic heterocycles. The Bertz CT molecular complexity index is 1380. The van der Waals surface area contributed by atoms with Crippen LogP contribution < -0.4 is 5.43 Å². The number of nitrogens with zero attached hydrogens (tertiary/aromatic N) is 4. The van der Waals surface area contributed by atoms with Crippen molar-refractivity contribution in [2.24, 2.45) is 5.10 Å². The fraction of sp³-hybridized carbons (Fsp3) is 0. The molecule has 0 aliphatic carbocycles. The first-order chi connectivity index (χ1) is 14.6. The fourth-order valence-electron chi connectivity index (χ4n) is 2.99. The third kappa shape index (κ3) is 3.65. The van der Waals surface area contributed by atoms with Crippen molar-refractivity contribution in [3.8, 4) is 17.3 Å². The van der Waals surface area contributed by atoms with Crippen molar-refractivity contribution in [2.45, 2.75) is 0 Å². The number of hydrazone groups is 1. The Kier molecular flexibility index (Phi) is 5.02. The van der Waals surface area contributed by atoms with Crippen molar-refractivity contribution in [1.29, 1.82) is 5.26 Å². The van der Waals surface area contributed by atoms with E-state index in [4.69, 9.17) is 12.2 Å². The number of rotatable bonds is 5. The van der Waals surface area contributed by atoms with Gasteiger partial charge in [0.2, 0.25) is 0 Å². The number of hydrogen-bond donors (Lipinski definition) is 3. The molecule has 2 aromatic carbocycles. The second-order valence-corrected chi connectivity index (χ2v) is 6.61. The van der Waals surface area contributed by atoms with Gasteiger partial charge in [-0.15, -0.1) is 0 Å². The Morgan fingerprint density at radius 3 is 2.73 bits per heavy atom. The lowest BCUT2D eigenvalue weighted by atomic mass is 10.1. The van der Waals surface area contributed by atoms with E-state index in [1.165, 1.54) is 18.3 Å². The van der Waals surface area contributed by atoms with Gasteiger partial charge in [-0.25, -0.2) is 0 Å². The number of para-hydroxylation sites is 1. The third-order valence-electron chi connectivity index (χ3n) is 4.39. The summed E-state index contributed by atoms with van der Waals surface area (Å²) in [6.45, 7) is 0. The van der Waals surface area contributed by atoms with Crippen molar-refractivity contribution in [3.63, 3.8) is 0 Å². The highest BCUT2D eigenvalue weighted by molar-refractivity contribution is 7.71. The highest BCUT2D eigenvalue weighted by Crippen LogP contribution is 2.31. The number of non-ortho nitro benzene ring substituents is 1. The Morgan fingerprint density at radius 2 is 2.00 bits per heavy atom. The van der Waals surface area contributed by atoms with Gasteiger partial charge in [-0.2, -0.15) is 15.3 Å². The van der Waals surface area contributed by atoms with Gasteiger partial charge in [0.25, 0.3) is 5.69 Å². The molecule has 0 aliphatic rings. The van der Waals surface area contributed by atoms with Gasteiger partial charge in [-0.05, 0) is 36.0 Å². The lowest BCUT2D eigenvalue weighted by Crippen LogP contribution is -2.02. The van der Waals surface area contributed by atoms with Crippen molar-refractivity contribution in [2.75, 3.05) is 5.43 Å². The van der Waals surface area contributed by atoms with Crippen LogP contribution in [0.15, 0.2) is 59.8 Å². The number of nitrogens with one attached hydrogen (secondary N) is 3. The molecular weight excluding hydrogens is 402 g/mol. The average molecular weight is 415 g/mol. The average Bonchev–Trinajstić information content (AvgIpc) is 3.18. The van der Waals surface area contributed by atoms with Crippen LogP contribution in [0.25, 0.3) is 22.2 Å².